The van der Waals surface area contributed by atoms with Gasteiger partial charge in [0, 0.05) is 37.9 Å². The predicted molar refractivity (Wildman–Crippen MR) is 86.6 cm³/mol. The molecule has 5 heteroatoms. The molecule has 0 aliphatic carbocycles. The Morgan fingerprint density at radius 1 is 1.05 bits per heavy atom. The van der Waals surface area contributed by atoms with Crippen molar-refractivity contribution in [3.63, 3.8) is 0 Å². The van der Waals surface area contributed by atoms with Crippen LogP contribution in [0.15, 0.2) is 6.07 Å². The molecule has 0 aromatic carbocycles. The van der Waals surface area contributed by atoms with Crippen LogP contribution in [0.4, 0.5) is 11.8 Å². The molecule has 0 spiro atoms. The van der Waals surface area contributed by atoms with Crippen LogP contribution in [0, 0.1) is 6.92 Å². The molecular formula is C15H29N5. The second-order valence-corrected chi connectivity index (χ2v) is 5.41. The van der Waals surface area contributed by atoms with Crippen molar-refractivity contribution in [3.8, 4) is 0 Å². The fourth-order valence-electron chi connectivity index (χ4n) is 2.07. The number of hydrogen-bond donors (Lipinski definition) is 1. The van der Waals surface area contributed by atoms with Gasteiger partial charge in [-0.15, -0.1) is 0 Å². The number of rotatable bonds is 9. The molecule has 0 amide bonds. The minimum Gasteiger partial charge on any atom is -0.356 e. The molecule has 114 valence electrons. The average Bonchev–Trinajstić information content (AvgIpc) is 2.37. The number of likely N-dealkylation sites (N-methyl/N-ethyl adjacent to an activating group) is 1. The van der Waals surface area contributed by atoms with Gasteiger partial charge in [-0.25, -0.2) is 4.98 Å². The fourth-order valence-corrected chi connectivity index (χ4v) is 2.07. The van der Waals surface area contributed by atoms with Gasteiger partial charge in [0.2, 0.25) is 5.95 Å². The van der Waals surface area contributed by atoms with Crippen LogP contribution in [0.25, 0.3) is 0 Å². The summed E-state index contributed by atoms with van der Waals surface area (Å²) < 4.78 is 0. The van der Waals surface area contributed by atoms with Crippen molar-refractivity contribution in [2.75, 3.05) is 50.5 Å². The van der Waals surface area contributed by atoms with Gasteiger partial charge in [-0.05, 0) is 33.9 Å². The Hall–Kier alpha value is -1.36. The molecule has 5 nitrogen and oxygen atoms in total. The first-order chi connectivity index (χ1) is 9.56. The van der Waals surface area contributed by atoms with Gasteiger partial charge < -0.3 is 15.1 Å². The minimum absolute atomic E-state index is 0.735. The molecule has 0 fully saturated rings. The predicted octanol–water partition coefficient (Wildman–Crippen LogP) is 2.38. The van der Waals surface area contributed by atoms with Crippen molar-refractivity contribution in [2.45, 2.75) is 33.6 Å². The minimum atomic E-state index is 0.735. The highest BCUT2D eigenvalue weighted by Gasteiger charge is 2.09. The summed E-state index contributed by atoms with van der Waals surface area (Å²) in [7, 11) is 4.13. The zero-order valence-electron chi connectivity index (χ0n) is 13.6. The van der Waals surface area contributed by atoms with Gasteiger partial charge in [0.1, 0.15) is 5.82 Å². The molecule has 20 heavy (non-hydrogen) atoms. The van der Waals surface area contributed by atoms with Gasteiger partial charge in [-0.2, -0.15) is 4.98 Å². The van der Waals surface area contributed by atoms with E-state index in [0.717, 1.165) is 56.5 Å². The number of aryl methyl sites for hydroxylation is 1. The lowest BCUT2D eigenvalue weighted by molar-refractivity contribution is 0.425. The van der Waals surface area contributed by atoms with Crippen LogP contribution in [0.2, 0.25) is 0 Å². The average molecular weight is 279 g/mol. The first kappa shape index (κ1) is 16.7. The monoisotopic (exact) mass is 279 g/mol. The standard InChI is InChI=1S/C15H29N5/c1-6-9-20(10-7-2)14-12-13(3)17-15(18-14)16-8-11-19(4)5/h12H,6-11H2,1-5H3,(H,16,17,18). The molecule has 1 heterocycles. The summed E-state index contributed by atoms with van der Waals surface area (Å²) in [5.74, 6) is 1.77. The summed E-state index contributed by atoms with van der Waals surface area (Å²) in [6.45, 7) is 10.3. The lowest BCUT2D eigenvalue weighted by Gasteiger charge is -2.23. The Labute approximate surface area is 123 Å². The van der Waals surface area contributed by atoms with Crippen LogP contribution in [-0.2, 0) is 0 Å². The van der Waals surface area contributed by atoms with Crippen molar-refractivity contribution < 1.29 is 0 Å². The second-order valence-electron chi connectivity index (χ2n) is 5.41. The molecule has 1 aromatic heterocycles. The van der Waals surface area contributed by atoms with Crippen LogP contribution < -0.4 is 10.2 Å². The first-order valence-electron chi connectivity index (χ1n) is 7.56. The Morgan fingerprint density at radius 3 is 2.25 bits per heavy atom. The molecular weight excluding hydrogens is 250 g/mol. The molecule has 0 aliphatic rings. The highest BCUT2D eigenvalue weighted by molar-refractivity contribution is 5.44. The molecule has 0 aliphatic heterocycles. The van der Waals surface area contributed by atoms with Crippen molar-refractivity contribution >= 4 is 11.8 Å². The fraction of sp³-hybridized carbons (Fsp3) is 0.733. The van der Waals surface area contributed by atoms with E-state index in [2.05, 4.69) is 59.1 Å². The summed E-state index contributed by atoms with van der Waals surface area (Å²) in [5, 5.41) is 3.31. The quantitative estimate of drug-likeness (QED) is 0.752. The van der Waals surface area contributed by atoms with Crippen LogP contribution in [-0.4, -0.2) is 55.1 Å². The molecule has 1 rings (SSSR count). The number of nitrogens with one attached hydrogen (secondary N) is 1. The van der Waals surface area contributed by atoms with E-state index in [9.17, 15) is 0 Å². The third kappa shape index (κ3) is 5.74. The second kappa shape index (κ2) is 8.74. The first-order valence-corrected chi connectivity index (χ1v) is 7.56. The molecule has 0 saturated heterocycles. The van der Waals surface area contributed by atoms with E-state index in [4.69, 9.17) is 0 Å². The largest absolute Gasteiger partial charge is 0.356 e. The molecule has 0 bridgehead atoms. The lowest BCUT2D eigenvalue weighted by Crippen LogP contribution is -2.27. The van der Waals surface area contributed by atoms with E-state index in [1.165, 1.54) is 0 Å². The van der Waals surface area contributed by atoms with Crippen molar-refractivity contribution in [1.82, 2.24) is 14.9 Å². The van der Waals surface area contributed by atoms with Gasteiger partial charge in [0.25, 0.3) is 0 Å². The van der Waals surface area contributed by atoms with E-state index in [1.807, 2.05) is 6.92 Å². The van der Waals surface area contributed by atoms with Crippen molar-refractivity contribution in [2.24, 2.45) is 0 Å². The van der Waals surface area contributed by atoms with Crippen molar-refractivity contribution in [3.05, 3.63) is 11.8 Å². The number of aromatic nitrogens is 2. The van der Waals surface area contributed by atoms with E-state index >= 15 is 0 Å². The Morgan fingerprint density at radius 2 is 1.70 bits per heavy atom. The summed E-state index contributed by atoms with van der Waals surface area (Å²) in [6.07, 6.45) is 2.26. The SMILES string of the molecule is CCCN(CCC)c1cc(C)nc(NCCN(C)C)n1. The normalized spacial score (nSPS) is 10.9. The van der Waals surface area contributed by atoms with Crippen LogP contribution >= 0.6 is 0 Å². The van der Waals surface area contributed by atoms with E-state index in [-0.39, 0.29) is 0 Å². The zero-order valence-corrected chi connectivity index (χ0v) is 13.6. The Bertz CT molecular complexity index is 386. The Balaban J connectivity index is 2.77. The third-order valence-electron chi connectivity index (χ3n) is 2.99. The van der Waals surface area contributed by atoms with Gasteiger partial charge >= 0.3 is 0 Å². The number of anilines is 2. The number of hydrogen-bond acceptors (Lipinski definition) is 5. The lowest BCUT2D eigenvalue weighted by atomic mass is 10.3. The summed E-state index contributed by atoms with van der Waals surface area (Å²) in [6, 6.07) is 2.07. The molecule has 0 radical (unpaired) electrons. The summed E-state index contributed by atoms with van der Waals surface area (Å²) >= 11 is 0. The smallest absolute Gasteiger partial charge is 0.224 e. The van der Waals surface area contributed by atoms with Crippen molar-refractivity contribution in [1.29, 1.82) is 0 Å². The third-order valence-corrected chi connectivity index (χ3v) is 2.99. The molecule has 1 N–H and O–H groups in total. The topological polar surface area (TPSA) is 44.3 Å². The maximum atomic E-state index is 4.65. The van der Waals surface area contributed by atoms with Gasteiger partial charge in [-0.3, -0.25) is 0 Å². The molecule has 0 unspecified atom stereocenters. The molecule has 0 saturated carbocycles. The highest BCUT2D eigenvalue weighted by Crippen LogP contribution is 2.15. The summed E-state index contributed by atoms with van der Waals surface area (Å²) in [4.78, 5) is 13.6. The van der Waals surface area contributed by atoms with E-state index in [0.29, 0.717) is 0 Å². The Kier molecular flexibility index (Phi) is 7.30. The van der Waals surface area contributed by atoms with Crippen LogP contribution in [0.3, 0.4) is 0 Å². The highest BCUT2D eigenvalue weighted by atomic mass is 15.2. The maximum Gasteiger partial charge on any atom is 0.224 e. The number of nitrogens with zero attached hydrogens (tertiary/aromatic N) is 4. The summed E-state index contributed by atoms with van der Waals surface area (Å²) in [5.41, 5.74) is 1.01. The van der Waals surface area contributed by atoms with Crippen LogP contribution in [0.5, 0.6) is 0 Å². The van der Waals surface area contributed by atoms with E-state index < -0.39 is 0 Å². The van der Waals surface area contributed by atoms with E-state index in [1.54, 1.807) is 0 Å². The molecule has 0 atom stereocenters. The zero-order chi connectivity index (χ0) is 15.0. The van der Waals surface area contributed by atoms with Gasteiger partial charge in [0.15, 0.2) is 0 Å². The van der Waals surface area contributed by atoms with Gasteiger partial charge in [-0.1, -0.05) is 13.8 Å². The van der Waals surface area contributed by atoms with Gasteiger partial charge in [0.05, 0.1) is 0 Å². The molecule has 1 aromatic rings. The maximum absolute atomic E-state index is 4.65. The van der Waals surface area contributed by atoms with Crippen LogP contribution in [0.1, 0.15) is 32.4 Å².